The van der Waals surface area contributed by atoms with Gasteiger partial charge in [0, 0.05) is 13.1 Å². The highest BCUT2D eigenvalue weighted by molar-refractivity contribution is 7.89. The first-order chi connectivity index (χ1) is 10.4. The third-order valence-electron chi connectivity index (χ3n) is 2.52. The zero-order valence-corrected chi connectivity index (χ0v) is 13.0. The zero-order chi connectivity index (χ0) is 16.6. The van der Waals surface area contributed by atoms with Crippen LogP contribution in [0.5, 0.6) is 0 Å². The van der Waals surface area contributed by atoms with Crippen LogP contribution < -0.4 is 21.1 Å². The number of nitrogens with two attached hydrogens (primary N) is 1. The van der Waals surface area contributed by atoms with Crippen molar-refractivity contribution in [3.05, 3.63) is 17.9 Å². The van der Waals surface area contributed by atoms with Crippen molar-refractivity contribution in [3.63, 3.8) is 0 Å². The molecule has 0 atom stereocenters. The average Bonchev–Trinajstić information content (AvgIpc) is 2.95. The molecule has 0 unspecified atom stereocenters. The summed E-state index contributed by atoms with van der Waals surface area (Å²) in [4.78, 5) is 22.3. The lowest BCUT2D eigenvalue weighted by Crippen LogP contribution is -2.33. The number of carbonyl (C=O) groups excluding carboxylic acids is 2. The molecule has 2 amide bonds. The van der Waals surface area contributed by atoms with Crippen LogP contribution in [-0.4, -0.2) is 46.4 Å². The Labute approximate surface area is 128 Å². The molecule has 0 aliphatic carbocycles. The SMILES string of the molecule is CCCNCCNC(=O)c1ccc(S(=O)(=O)NCC(N)=O)o1. The molecule has 1 aromatic heterocycles. The molecule has 0 aliphatic rings. The second-order valence-electron chi connectivity index (χ2n) is 4.42. The van der Waals surface area contributed by atoms with Crippen LogP contribution >= 0.6 is 0 Å². The highest BCUT2D eigenvalue weighted by Crippen LogP contribution is 2.13. The number of sulfonamides is 1. The first-order valence-electron chi connectivity index (χ1n) is 6.73. The number of amides is 2. The average molecular weight is 332 g/mol. The largest absolute Gasteiger partial charge is 0.438 e. The molecule has 0 aliphatic heterocycles. The van der Waals surface area contributed by atoms with Gasteiger partial charge in [-0.25, -0.2) is 8.42 Å². The Morgan fingerprint density at radius 3 is 2.59 bits per heavy atom. The second kappa shape index (κ2) is 8.51. The number of carbonyl (C=O) groups is 2. The minimum atomic E-state index is -4.01. The highest BCUT2D eigenvalue weighted by atomic mass is 32.2. The van der Waals surface area contributed by atoms with Gasteiger partial charge in [0.2, 0.25) is 11.0 Å². The smallest absolute Gasteiger partial charge is 0.287 e. The van der Waals surface area contributed by atoms with Crippen LogP contribution in [0.4, 0.5) is 0 Å². The molecule has 1 heterocycles. The van der Waals surface area contributed by atoms with Crippen LogP contribution in [-0.2, 0) is 14.8 Å². The molecule has 0 radical (unpaired) electrons. The van der Waals surface area contributed by atoms with Crippen LogP contribution in [0.15, 0.2) is 21.6 Å². The van der Waals surface area contributed by atoms with E-state index < -0.39 is 33.5 Å². The predicted octanol–water partition coefficient (Wildman–Crippen LogP) is -1.23. The van der Waals surface area contributed by atoms with Gasteiger partial charge in [0.25, 0.3) is 15.9 Å². The highest BCUT2D eigenvalue weighted by Gasteiger charge is 2.21. The molecule has 0 fully saturated rings. The van der Waals surface area contributed by atoms with Crippen molar-refractivity contribution in [3.8, 4) is 0 Å². The molecule has 1 rings (SSSR count). The van der Waals surface area contributed by atoms with Crippen molar-refractivity contribution in [2.24, 2.45) is 5.73 Å². The van der Waals surface area contributed by atoms with Crippen molar-refractivity contribution in [2.75, 3.05) is 26.2 Å². The van der Waals surface area contributed by atoms with Crippen molar-refractivity contribution < 1.29 is 22.4 Å². The van der Waals surface area contributed by atoms with Gasteiger partial charge >= 0.3 is 0 Å². The lowest BCUT2D eigenvalue weighted by atomic mass is 10.4. The fourth-order valence-corrected chi connectivity index (χ4v) is 2.40. The summed E-state index contributed by atoms with van der Waals surface area (Å²) in [5, 5.41) is 5.24. The summed E-state index contributed by atoms with van der Waals surface area (Å²) in [7, 11) is -4.01. The maximum absolute atomic E-state index is 11.8. The minimum absolute atomic E-state index is 0.130. The normalized spacial score (nSPS) is 11.3. The second-order valence-corrected chi connectivity index (χ2v) is 6.11. The Bertz CT molecular complexity index is 611. The lowest BCUT2D eigenvalue weighted by molar-refractivity contribution is -0.116. The van der Waals surface area contributed by atoms with E-state index in [0.29, 0.717) is 13.1 Å². The number of primary amides is 1. The number of rotatable bonds is 10. The molecule has 10 heteroatoms. The molecular formula is C12H20N4O5S. The van der Waals surface area contributed by atoms with Gasteiger partial charge in [-0.3, -0.25) is 9.59 Å². The maximum Gasteiger partial charge on any atom is 0.287 e. The lowest BCUT2D eigenvalue weighted by Gasteiger charge is -2.04. The first-order valence-corrected chi connectivity index (χ1v) is 8.22. The van der Waals surface area contributed by atoms with Crippen LogP contribution in [0, 0.1) is 0 Å². The number of hydrogen-bond acceptors (Lipinski definition) is 6. The molecule has 0 aromatic carbocycles. The van der Waals surface area contributed by atoms with Gasteiger partial charge in [0.15, 0.2) is 5.76 Å². The number of furan rings is 1. The predicted molar refractivity (Wildman–Crippen MR) is 78.6 cm³/mol. The monoisotopic (exact) mass is 332 g/mol. The van der Waals surface area contributed by atoms with Gasteiger partial charge in [-0.1, -0.05) is 6.92 Å². The van der Waals surface area contributed by atoms with E-state index >= 15 is 0 Å². The minimum Gasteiger partial charge on any atom is -0.438 e. The molecule has 9 nitrogen and oxygen atoms in total. The summed E-state index contributed by atoms with van der Waals surface area (Å²) in [6.07, 6.45) is 0.992. The van der Waals surface area contributed by atoms with Crippen LogP contribution in [0.3, 0.4) is 0 Å². The molecule has 0 spiro atoms. The maximum atomic E-state index is 11.8. The molecule has 0 bridgehead atoms. The molecule has 0 saturated carbocycles. The molecule has 124 valence electrons. The van der Waals surface area contributed by atoms with Gasteiger partial charge in [-0.15, -0.1) is 0 Å². The summed E-state index contributed by atoms with van der Waals surface area (Å²) in [6.45, 7) is 3.33. The standard InChI is InChI=1S/C12H20N4O5S/c1-2-5-14-6-7-15-12(18)9-3-4-11(21-9)22(19,20)16-8-10(13)17/h3-4,14,16H,2,5-8H2,1H3,(H2,13,17)(H,15,18). The zero-order valence-electron chi connectivity index (χ0n) is 12.2. The topological polar surface area (TPSA) is 144 Å². The summed E-state index contributed by atoms with van der Waals surface area (Å²) >= 11 is 0. The van der Waals surface area contributed by atoms with Gasteiger partial charge in [0.05, 0.1) is 6.54 Å². The summed E-state index contributed by atoms with van der Waals surface area (Å²) < 4.78 is 30.4. The molecule has 0 saturated heterocycles. The first kappa shape index (κ1) is 18.1. The summed E-state index contributed by atoms with van der Waals surface area (Å²) in [5.74, 6) is -1.47. The van der Waals surface area contributed by atoms with E-state index in [1.54, 1.807) is 0 Å². The van der Waals surface area contributed by atoms with Gasteiger partial charge in [-0.05, 0) is 25.1 Å². The third kappa shape index (κ3) is 5.84. The van der Waals surface area contributed by atoms with Crippen LogP contribution in [0.25, 0.3) is 0 Å². The van der Waals surface area contributed by atoms with E-state index in [1.807, 2.05) is 11.6 Å². The van der Waals surface area contributed by atoms with Crippen molar-refractivity contribution in [1.82, 2.24) is 15.4 Å². The Morgan fingerprint density at radius 2 is 1.95 bits per heavy atom. The van der Waals surface area contributed by atoms with E-state index in [1.165, 1.54) is 6.07 Å². The number of nitrogens with one attached hydrogen (secondary N) is 3. The van der Waals surface area contributed by atoms with Crippen molar-refractivity contribution >= 4 is 21.8 Å². The molecule has 22 heavy (non-hydrogen) atoms. The Kier molecular flexibility index (Phi) is 7.02. The third-order valence-corrected chi connectivity index (χ3v) is 3.79. The van der Waals surface area contributed by atoms with E-state index in [-0.39, 0.29) is 5.76 Å². The van der Waals surface area contributed by atoms with Crippen molar-refractivity contribution in [2.45, 2.75) is 18.4 Å². The fourth-order valence-electron chi connectivity index (χ4n) is 1.48. The van der Waals surface area contributed by atoms with E-state index in [9.17, 15) is 18.0 Å². The van der Waals surface area contributed by atoms with Crippen molar-refractivity contribution in [1.29, 1.82) is 0 Å². The van der Waals surface area contributed by atoms with Gasteiger partial charge < -0.3 is 20.8 Å². The molecule has 1 aromatic rings. The Balaban J connectivity index is 2.56. The van der Waals surface area contributed by atoms with Gasteiger partial charge in [0.1, 0.15) is 0 Å². The quantitative estimate of drug-likeness (QED) is 0.395. The Morgan fingerprint density at radius 1 is 1.23 bits per heavy atom. The molecular weight excluding hydrogens is 312 g/mol. The van der Waals surface area contributed by atoms with E-state index in [2.05, 4.69) is 10.6 Å². The van der Waals surface area contributed by atoms with E-state index in [4.69, 9.17) is 10.2 Å². The van der Waals surface area contributed by atoms with Crippen LogP contribution in [0.1, 0.15) is 23.9 Å². The molecule has 5 N–H and O–H groups in total. The summed E-state index contributed by atoms with van der Waals surface area (Å²) in [6, 6.07) is 2.38. The Hall–Kier alpha value is -1.91. The van der Waals surface area contributed by atoms with Crippen LogP contribution in [0.2, 0.25) is 0 Å². The number of hydrogen-bond donors (Lipinski definition) is 4. The summed E-state index contributed by atoms with van der Waals surface area (Å²) in [5.41, 5.74) is 4.85. The fraction of sp³-hybridized carbons (Fsp3) is 0.500. The van der Waals surface area contributed by atoms with Gasteiger partial charge in [-0.2, -0.15) is 4.72 Å². The van der Waals surface area contributed by atoms with E-state index in [0.717, 1.165) is 19.0 Å².